The molecular formula is C36H39BrF2N4O6SSi. The van der Waals surface area contributed by atoms with Crippen molar-refractivity contribution in [3.63, 3.8) is 0 Å². The van der Waals surface area contributed by atoms with Gasteiger partial charge in [-0.3, -0.25) is 8.98 Å². The second-order valence-corrected chi connectivity index (χ2v) is 21.3. The van der Waals surface area contributed by atoms with Crippen molar-refractivity contribution < 1.29 is 30.9 Å². The van der Waals surface area contributed by atoms with Crippen LogP contribution in [0.15, 0.2) is 101 Å². The van der Waals surface area contributed by atoms with Crippen molar-refractivity contribution in [3.8, 4) is 17.3 Å². The van der Waals surface area contributed by atoms with Crippen LogP contribution in [-0.2, 0) is 38.9 Å². The lowest BCUT2D eigenvalue weighted by atomic mass is 9.86. The van der Waals surface area contributed by atoms with E-state index in [4.69, 9.17) is 13.7 Å². The lowest BCUT2D eigenvalue weighted by Gasteiger charge is -2.28. The topological polar surface area (TPSA) is 115 Å². The van der Waals surface area contributed by atoms with Crippen LogP contribution in [0, 0.1) is 11.6 Å². The number of aromatic nitrogens is 4. The largest absolute Gasteiger partial charge is 0.483 e. The second-order valence-electron chi connectivity index (χ2n) is 13.3. The summed E-state index contributed by atoms with van der Waals surface area (Å²) in [4.78, 5) is 18.5. The molecule has 0 amide bonds. The Morgan fingerprint density at radius 3 is 2.10 bits per heavy atom. The smallest absolute Gasteiger partial charge is 0.264 e. The molecule has 15 heteroatoms. The summed E-state index contributed by atoms with van der Waals surface area (Å²) in [5, 5.41) is 4.59. The Labute approximate surface area is 305 Å². The Kier molecular flexibility index (Phi) is 12.4. The molecular weight excluding hydrogens is 762 g/mol. The van der Waals surface area contributed by atoms with Crippen LogP contribution >= 0.6 is 15.9 Å². The average molecular weight is 802 g/mol. The molecule has 2 heterocycles. The molecule has 0 aliphatic carbocycles. The van der Waals surface area contributed by atoms with Crippen molar-refractivity contribution in [1.82, 2.24) is 19.3 Å². The molecule has 0 saturated heterocycles. The summed E-state index contributed by atoms with van der Waals surface area (Å²) in [6.45, 7) is 7.24. The fourth-order valence-corrected chi connectivity index (χ4v) is 7.17. The van der Waals surface area contributed by atoms with Crippen LogP contribution in [0.5, 0.6) is 5.75 Å². The molecule has 0 saturated carbocycles. The van der Waals surface area contributed by atoms with Crippen LogP contribution in [0.1, 0.15) is 22.6 Å². The van der Waals surface area contributed by atoms with E-state index >= 15 is 0 Å². The molecule has 0 fully saturated rings. The average Bonchev–Trinajstić information content (AvgIpc) is 3.43. The van der Waals surface area contributed by atoms with E-state index in [1.54, 1.807) is 4.57 Å². The summed E-state index contributed by atoms with van der Waals surface area (Å²) in [6.07, 6.45) is 2.70. The van der Waals surface area contributed by atoms with Crippen molar-refractivity contribution in [3.05, 3.63) is 134 Å². The highest BCUT2D eigenvalue weighted by Crippen LogP contribution is 2.34. The van der Waals surface area contributed by atoms with Crippen molar-refractivity contribution in [1.29, 1.82) is 0 Å². The van der Waals surface area contributed by atoms with Crippen LogP contribution in [0.3, 0.4) is 0 Å². The van der Waals surface area contributed by atoms with Gasteiger partial charge in [0.05, 0.1) is 25.2 Å². The van der Waals surface area contributed by atoms with Crippen LogP contribution in [0.25, 0.3) is 11.5 Å². The quantitative estimate of drug-likeness (QED) is 0.0585. The number of imidazole rings is 1. The van der Waals surface area contributed by atoms with Gasteiger partial charge in [0.15, 0.2) is 17.3 Å². The van der Waals surface area contributed by atoms with Crippen molar-refractivity contribution in [2.45, 2.75) is 57.6 Å². The predicted octanol–water partition coefficient (Wildman–Crippen LogP) is 7.22. The Hall–Kier alpha value is -4.02. The van der Waals surface area contributed by atoms with Gasteiger partial charge in [-0.05, 0) is 62.9 Å². The normalized spacial score (nSPS) is 12.7. The Balaban J connectivity index is 1.58. The van der Waals surface area contributed by atoms with Gasteiger partial charge in [-0.25, -0.2) is 18.4 Å². The van der Waals surface area contributed by atoms with Crippen molar-refractivity contribution in [2.75, 3.05) is 12.9 Å². The zero-order valence-corrected chi connectivity index (χ0v) is 32.0. The first-order valence-corrected chi connectivity index (χ1v) is 22.5. The summed E-state index contributed by atoms with van der Waals surface area (Å²) < 4.78 is 74.6. The maximum Gasteiger partial charge on any atom is 0.264 e. The van der Waals surface area contributed by atoms with E-state index in [2.05, 4.69) is 45.7 Å². The molecule has 1 atom stereocenters. The number of hydrogen-bond donors (Lipinski definition) is 0. The van der Waals surface area contributed by atoms with Gasteiger partial charge >= 0.3 is 0 Å². The van der Waals surface area contributed by atoms with Crippen LogP contribution in [-0.4, -0.2) is 54.8 Å². The number of benzene rings is 3. The lowest BCUT2D eigenvalue weighted by Crippen LogP contribution is -2.31. The first-order chi connectivity index (χ1) is 24.2. The van der Waals surface area contributed by atoms with E-state index in [1.165, 1.54) is 65.6 Å². The fourth-order valence-electron chi connectivity index (χ4n) is 5.38. The summed E-state index contributed by atoms with van der Waals surface area (Å²) in [6, 6.07) is 21.4. The molecule has 51 heavy (non-hydrogen) atoms. The van der Waals surface area contributed by atoms with Crippen LogP contribution < -0.4 is 10.2 Å². The number of ether oxygens (including phenoxy) is 2. The van der Waals surface area contributed by atoms with Gasteiger partial charge in [-0.2, -0.15) is 13.5 Å². The van der Waals surface area contributed by atoms with E-state index in [9.17, 15) is 22.0 Å². The monoisotopic (exact) mass is 800 g/mol. The van der Waals surface area contributed by atoms with Crippen LogP contribution in [0.2, 0.25) is 25.7 Å². The SMILES string of the molecule is C[Si](C)(C)CCOCn1cc(OCc2ccccc2)c(=O)c(-c2ncc(Br)n2C[C@H](OS(C)(=O)=O)C(c2ccc(F)cc2)c2ccc(F)cc2)n1. The first kappa shape index (κ1) is 38.2. The minimum atomic E-state index is -4.09. The Morgan fingerprint density at radius 1 is 0.922 bits per heavy atom. The molecule has 270 valence electrons. The fraction of sp³-hybridized carbons (Fsp3) is 0.306. The number of hydrogen-bond acceptors (Lipinski definition) is 8. The summed E-state index contributed by atoms with van der Waals surface area (Å²) in [5.41, 5.74) is 1.27. The van der Waals surface area contributed by atoms with E-state index in [0.29, 0.717) is 22.3 Å². The minimum absolute atomic E-state index is 0.0164. The van der Waals surface area contributed by atoms with E-state index in [1.807, 2.05) is 30.3 Å². The molecule has 10 nitrogen and oxygen atoms in total. The van der Waals surface area contributed by atoms with E-state index < -0.39 is 47.3 Å². The molecule has 0 N–H and O–H groups in total. The summed E-state index contributed by atoms with van der Waals surface area (Å²) in [5.74, 6) is -1.68. The van der Waals surface area contributed by atoms with Crippen molar-refractivity contribution in [2.24, 2.45) is 0 Å². The molecule has 0 spiro atoms. The molecule has 0 radical (unpaired) electrons. The molecule has 2 aromatic heterocycles. The highest BCUT2D eigenvalue weighted by Gasteiger charge is 2.32. The molecule has 0 aliphatic heterocycles. The lowest BCUT2D eigenvalue weighted by molar-refractivity contribution is 0.0766. The number of halogens is 3. The third-order valence-corrected chi connectivity index (χ3v) is 10.8. The molecule has 5 aromatic rings. The Morgan fingerprint density at radius 2 is 1.53 bits per heavy atom. The van der Waals surface area contributed by atoms with Gasteiger partial charge in [0, 0.05) is 20.6 Å². The zero-order valence-electron chi connectivity index (χ0n) is 28.6. The maximum atomic E-state index is 14.0. The second kappa shape index (κ2) is 16.5. The Bertz CT molecular complexity index is 2050. The van der Waals surface area contributed by atoms with Gasteiger partial charge in [0.2, 0.25) is 0 Å². The predicted molar refractivity (Wildman–Crippen MR) is 197 cm³/mol. The minimum Gasteiger partial charge on any atom is -0.483 e. The zero-order chi connectivity index (χ0) is 36.8. The van der Waals surface area contributed by atoms with Crippen LogP contribution in [0.4, 0.5) is 8.78 Å². The highest BCUT2D eigenvalue weighted by molar-refractivity contribution is 9.10. The maximum absolute atomic E-state index is 14.0. The number of rotatable bonds is 16. The third-order valence-electron chi connectivity index (χ3n) is 7.90. The molecule has 3 aromatic carbocycles. The van der Waals surface area contributed by atoms with Gasteiger partial charge in [-0.1, -0.05) is 74.2 Å². The molecule has 0 aliphatic rings. The highest BCUT2D eigenvalue weighted by atomic mass is 79.9. The third kappa shape index (κ3) is 10.7. The first-order valence-electron chi connectivity index (χ1n) is 16.1. The summed E-state index contributed by atoms with van der Waals surface area (Å²) >= 11 is 3.50. The van der Waals surface area contributed by atoms with Gasteiger partial charge in [-0.15, -0.1) is 0 Å². The standard InChI is InChI=1S/C36H39BrF2N4O6SSi/c1-50(45,46)49-30(33(26-10-14-28(38)15-11-26)27-12-16-29(39)17-13-27)22-43-32(37)20-40-36(43)34-35(44)31(48-23-25-8-6-5-7-9-25)21-42(41-34)24-47-18-19-51(2,3)4/h5-17,20-21,30,33H,18-19,22-24H2,1-4H3/t30-/m0/s1. The van der Waals surface area contributed by atoms with Crippen molar-refractivity contribution >= 4 is 34.1 Å². The molecule has 0 unspecified atom stereocenters. The van der Waals surface area contributed by atoms with Gasteiger partial charge in [0.25, 0.3) is 15.5 Å². The molecule has 5 rings (SSSR count). The van der Waals surface area contributed by atoms with E-state index in [-0.39, 0.29) is 37.2 Å². The molecule has 0 bridgehead atoms. The summed E-state index contributed by atoms with van der Waals surface area (Å²) in [7, 11) is -5.46. The van der Waals surface area contributed by atoms with E-state index in [0.717, 1.165) is 17.9 Å². The van der Waals surface area contributed by atoms with Gasteiger partial charge < -0.3 is 14.0 Å². The number of nitrogens with zero attached hydrogens (tertiary/aromatic N) is 4. The van der Waals surface area contributed by atoms with Gasteiger partial charge in [0.1, 0.15) is 35.7 Å².